The lowest BCUT2D eigenvalue weighted by atomic mass is 10.2. The molecule has 0 saturated heterocycles. The highest BCUT2D eigenvalue weighted by molar-refractivity contribution is 7.92. The van der Waals surface area contributed by atoms with Crippen molar-refractivity contribution in [1.29, 1.82) is 0 Å². The number of anilines is 1. The number of nitrogen functional groups attached to an aromatic ring is 1. The van der Waals surface area contributed by atoms with Crippen molar-refractivity contribution in [1.82, 2.24) is 5.32 Å². The molecule has 1 aromatic carbocycles. The van der Waals surface area contributed by atoms with Crippen LogP contribution in [0.3, 0.4) is 0 Å². The van der Waals surface area contributed by atoms with Crippen molar-refractivity contribution in [3.05, 3.63) is 23.8 Å². The maximum absolute atomic E-state index is 12.2. The van der Waals surface area contributed by atoms with E-state index in [0.717, 1.165) is 12.8 Å². The molecule has 0 aromatic heterocycles. The van der Waals surface area contributed by atoms with Crippen molar-refractivity contribution in [2.75, 3.05) is 11.5 Å². The molecule has 5 nitrogen and oxygen atoms in total. The number of amides is 1. The Kier molecular flexibility index (Phi) is 5.56. The van der Waals surface area contributed by atoms with Gasteiger partial charge in [0, 0.05) is 11.7 Å². The van der Waals surface area contributed by atoms with Gasteiger partial charge in [0.25, 0.3) is 0 Å². The number of carbonyl (C=O) groups excluding carboxylic acids is 1. The number of nitrogens with two attached hydrogens (primary N) is 1. The molecule has 1 aromatic rings. The molecule has 6 heteroatoms. The summed E-state index contributed by atoms with van der Waals surface area (Å²) in [4.78, 5) is 11.9. The molecule has 0 heterocycles. The number of rotatable bonds is 6. The van der Waals surface area contributed by atoms with E-state index in [1.165, 1.54) is 12.1 Å². The van der Waals surface area contributed by atoms with E-state index in [1.807, 2.05) is 13.8 Å². The zero-order chi connectivity index (χ0) is 15.3. The summed E-state index contributed by atoms with van der Waals surface area (Å²) in [7, 11) is -3.64. The molecular weight excluding hydrogens is 276 g/mol. The number of hydrogen-bond donors (Lipinski definition) is 2. The van der Waals surface area contributed by atoms with Gasteiger partial charge in [0.05, 0.1) is 4.90 Å². The van der Waals surface area contributed by atoms with E-state index in [1.54, 1.807) is 13.0 Å². The summed E-state index contributed by atoms with van der Waals surface area (Å²) in [5, 5.41) is 2.69. The number of benzene rings is 1. The summed E-state index contributed by atoms with van der Waals surface area (Å²) in [5.74, 6) is -1.01. The maximum Gasteiger partial charge on any atom is 0.235 e. The van der Waals surface area contributed by atoms with Gasteiger partial charge in [-0.2, -0.15) is 0 Å². The van der Waals surface area contributed by atoms with Crippen LogP contribution >= 0.6 is 0 Å². The van der Waals surface area contributed by atoms with E-state index >= 15 is 0 Å². The van der Waals surface area contributed by atoms with Gasteiger partial charge in [-0.1, -0.05) is 13.3 Å². The van der Waals surface area contributed by atoms with E-state index < -0.39 is 21.5 Å². The molecule has 0 aliphatic heterocycles. The Balaban J connectivity index is 2.82. The van der Waals surface area contributed by atoms with Crippen LogP contribution in [0.4, 0.5) is 5.69 Å². The van der Waals surface area contributed by atoms with Crippen LogP contribution in [0.25, 0.3) is 0 Å². The van der Waals surface area contributed by atoms with Crippen molar-refractivity contribution in [2.45, 2.75) is 44.6 Å². The Morgan fingerprint density at radius 1 is 1.40 bits per heavy atom. The third kappa shape index (κ3) is 4.52. The lowest BCUT2D eigenvalue weighted by Gasteiger charge is -2.13. The molecule has 0 spiro atoms. The van der Waals surface area contributed by atoms with Crippen LogP contribution in [0.15, 0.2) is 23.1 Å². The predicted octanol–water partition coefficient (Wildman–Crippen LogP) is 1.66. The van der Waals surface area contributed by atoms with E-state index in [-0.39, 0.29) is 10.9 Å². The lowest BCUT2D eigenvalue weighted by Crippen LogP contribution is -2.36. The minimum absolute atomic E-state index is 0.0183. The molecule has 1 amide bonds. The van der Waals surface area contributed by atoms with E-state index in [0.29, 0.717) is 11.3 Å². The van der Waals surface area contributed by atoms with Gasteiger partial charge in [0.2, 0.25) is 5.91 Å². The molecular formula is C14H22N2O3S. The minimum atomic E-state index is -3.64. The monoisotopic (exact) mass is 298 g/mol. The fourth-order valence-corrected chi connectivity index (χ4v) is 3.50. The van der Waals surface area contributed by atoms with Crippen LogP contribution in [0, 0.1) is 6.92 Å². The standard InChI is InChI=1S/C14H22N2O3S/c1-4-5-11(3)16-14(17)9-20(18,19)13-7-6-12(15)8-10(13)2/h6-8,11H,4-5,9,15H2,1-3H3,(H,16,17). The Bertz CT molecular complexity index is 582. The normalized spacial score (nSPS) is 12.9. The SMILES string of the molecule is CCCC(C)NC(=O)CS(=O)(=O)c1ccc(N)cc1C. The topological polar surface area (TPSA) is 89.3 Å². The van der Waals surface area contributed by atoms with E-state index in [9.17, 15) is 13.2 Å². The first-order chi connectivity index (χ1) is 9.26. The molecule has 0 aliphatic carbocycles. The summed E-state index contributed by atoms with van der Waals surface area (Å²) >= 11 is 0. The Labute approximate surface area is 120 Å². The molecule has 0 fully saturated rings. The second-order valence-corrected chi connectivity index (χ2v) is 7.00. The second kappa shape index (κ2) is 6.74. The highest BCUT2D eigenvalue weighted by Gasteiger charge is 2.22. The van der Waals surface area contributed by atoms with Gasteiger partial charge in [-0.3, -0.25) is 4.79 Å². The third-order valence-corrected chi connectivity index (χ3v) is 4.75. The summed E-state index contributed by atoms with van der Waals surface area (Å²) in [5.41, 5.74) is 6.65. The Morgan fingerprint density at radius 2 is 2.05 bits per heavy atom. The number of aryl methyl sites for hydroxylation is 1. The first-order valence-corrected chi connectivity index (χ1v) is 8.29. The molecule has 1 atom stereocenters. The molecule has 1 rings (SSSR count). The Morgan fingerprint density at radius 3 is 2.60 bits per heavy atom. The molecule has 112 valence electrons. The largest absolute Gasteiger partial charge is 0.399 e. The second-order valence-electron chi connectivity index (χ2n) is 5.04. The zero-order valence-corrected chi connectivity index (χ0v) is 13.0. The zero-order valence-electron chi connectivity index (χ0n) is 12.1. The number of sulfone groups is 1. The molecule has 0 radical (unpaired) electrons. The van der Waals surface area contributed by atoms with Crippen LogP contribution in [-0.2, 0) is 14.6 Å². The summed E-state index contributed by atoms with van der Waals surface area (Å²) in [6.07, 6.45) is 1.76. The molecule has 0 bridgehead atoms. The fourth-order valence-electron chi connectivity index (χ4n) is 2.09. The van der Waals surface area contributed by atoms with Crippen LogP contribution in [-0.4, -0.2) is 26.1 Å². The average Bonchev–Trinajstić information content (AvgIpc) is 2.26. The predicted molar refractivity (Wildman–Crippen MR) is 80.2 cm³/mol. The van der Waals surface area contributed by atoms with Crippen molar-refractivity contribution >= 4 is 21.4 Å². The lowest BCUT2D eigenvalue weighted by molar-refractivity contribution is -0.119. The van der Waals surface area contributed by atoms with Gasteiger partial charge in [0.15, 0.2) is 9.84 Å². The molecule has 3 N–H and O–H groups in total. The highest BCUT2D eigenvalue weighted by atomic mass is 32.2. The van der Waals surface area contributed by atoms with Crippen LogP contribution in [0.2, 0.25) is 0 Å². The quantitative estimate of drug-likeness (QED) is 0.782. The summed E-state index contributed by atoms with van der Waals surface area (Å²) < 4.78 is 24.4. The van der Waals surface area contributed by atoms with Gasteiger partial charge < -0.3 is 11.1 Å². The third-order valence-electron chi connectivity index (χ3n) is 2.98. The molecule has 20 heavy (non-hydrogen) atoms. The maximum atomic E-state index is 12.2. The van der Waals surface area contributed by atoms with Gasteiger partial charge in [-0.25, -0.2) is 8.42 Å². The van der Waals surface area contributed by atoms with Crippen molar-refractivity contribution in [2.24, 2.45) is 0 Å². The van der Waals surface area contributed by atoms with Crippen molar-refractivity contribution in [3.63, 3.8) is 0 Å². The smallest absolute Gasteiger partial charge is 0.235 e. The fraction of sp³-hybridized carbons (Fsp3) is 0.500. The van der Waals surface area contributed by atoms with Crippen molar-refractivity contribution < 1.29 is 13.2 Å². The molecule has 0 aliphatic rings. The first-order valence-electron chi connectivity index (χ1n) is 6.64. The molecule has 0 saturated carbocycles. The van der Waals surface area contributed by atoms with E-state index in [2.05, 4.69) is 5.32 Å². The number of hydrogen-bond acceptors (Lipinski definition) is 4. The van der Waals surface area contributed by atoms with Gasteiger partial charge in [0.1, 0.15) is 5.75 Å². The van der Waals surface area contributed by atoms with Crippen LogP contribution in [0.1, 0.15) is 32.3 Å². The van der Waals surface area contributed by atoms with Crippen LogP contribution in [0.5, 0.6) is 0 Å². The summed E-state index contributed by atoms with van der Waals surface area (Å²) in [6, 6.07) is 4.54. The Hall–Kier alpha value is -1.56. The summed E-state index contributed by atoms with van der Waals surface area (Å²) in [6.45, 7) is 5.54. The van der Waals surface area contributed by atoms with Gasteiger partial charge in [-0.15, -0.1) is 0 Å². The average molecular weight is 298 g/mol. The molecule has 1 unspecified atom stereocenters. The van der Waals surface area contributed by atoms with Crippen molar-refractivity contribution in [3.8, 4) is 0 Å². The minimum Gasteiger partial charge on any atom is -0.399 e. The highest BCUT2D eigenvalue weighted by Crippen LogP contribution is 2.19. The number of carbonyl (C=O) groups is 1. The first kappa shape index (κ1) is 16.5. The van der Waals surface area contributed by atoms with E-state index in [4.69, 9.17) is 5.73 Å². The number of nitrogens with one attached hydrogen (secondary N) is 1. The van der Waals surface area contributed by atoms with Crippen LogP contribution < -0.4 is 11.1 Å². The van der Waals surface area contributed by atoms with Gasteiger partial charge >= 0.3 is 0 Å². The van der Waals surface area contributed by atoms with Gasteiger partial charge in [-0.05, 0) is 44.0 Å².